The van der Waals surface area contributed by atoms with Crippen LogP contribution in [0.5, 0.6) is 0 Å². The summed E-state index contributed by atoms with van der Waals surface area (Å²) in [6, 6.07) is 0. The van der Waals surface area contributed by atoms with Crippen LogP contribution in [0.3, 0.4) is 0 Å². The second-order valence-corrected chi connectivity index (χ2v) is 6.65. The molecule has 0 atom stereocenters. The number of amides is 1. The maximum absolute atomic E-state index is 12.3. The minimum Gasteiger partial charge on any atom is -0.345 e. The van der Waals surface area contributed by atoms with E-state index in [-0.39, 0.29) is 17.7 Å². The number of carbonyl (C=O) groups excluding carboxylic acids is 2. The minimum atomic E-state index is 0.221. The molecule has 1 amide bonds. The Kier molecular flexibility index (Phi) is 6.06. The van der Waals surface area contributed by atoms with Crippen LogP contribution in [0.1, 0.15) is 70.6 Å². The van der Waals surface area contributed by atoms with E-state index in [0.717, 1.165) is 25.7 Å². The van der Waals surface area contributed by atoms with Crippen molar-refractivity contribution in [3.05, 3.63) is 0 Å². The van der Waals surface area contributed by atoms with Crippen molar-refractivity contribution in [1.29, 1.82) is 0 Å². The van der Waals surface area contributed by atoms with Crippen LogP contribution in [0.4, 0.5) is 0 Å². The molecule has 0 aromatic rings. The average Bonchev–Trinajstić information content (AvgIpc) is 2.53. The third-order valence-electron chi connectivity index (χ3n) is 5.08. The van der Waals surface area contributed by atoms with Gasteiger partial charge < -0.3 is 4.90 Å². The Bertz CT molecular complexity index is 328. The molecule has 20 heavy (non-hydrogen) atoms. The van der Waals surface area contributed by atoms with Crippen LogP contribution in [0.2, 0.25) is 0 Å². The molecule has 0 unspecified atom stereocenters. The summed E-state index contributed by atoms with van der Waals surface area (Å²) in [4.78, 5) is 26.3. The molecule has 0 saturated heterocycles. The Labute approximate surface area is 123 Å². The first-order valence-corrected chi connectivity index (χ1v) is 8.46. The van der Waals surface area contributed by atoms with Crippen molar-refractivity contribution in [2.45, 2.75) is 70.6 Å². The van der Waals surface area contributed by atoms with E-state index in [0.29, 0.717) is 18.7 Å². The molecule has 0 spiro atoms. The van der Waals surface area contributed by atoms with E-state index in [2.05, 4.69) is 0 Å². The van der Waals surface area contributed by atoms with Crippen molar-refractivity contribution in [1.82, 2.24) is 4.90 Å². The number of ketones is 1. The van der Waals surface area contributed by atoms with Gasteiger partial charge in [0.1, 0.15) is 5.78 Å². The van der Waals surface area contributed by atoms with Gasteiger partial charge in [0.05, 0.1) is 0 Å². The van der Waals surface area contributed by atoms with Crippen molar-refractivity contribution in [2.75, 3.05) is 13.6 Å². The molecule has 3 heteroatoms. The Morgan fingerprint density at radius 1 is 0.850 bits per heavy atom. The number of rotatable bonds is 5. The Morgan fingerprint density at radius 3 is 1.90 bits per heavy atom. The molecule has 0 N–H and O–H groups in total. The predicted octanol–water partition coefficient (Wildman–Crippen LogP) is 3.56. The summed E-state index contributed by atoms with van der Waals surface area (Å²) in [5, 5.41) is 0. The van der Waals surface area contributed by atoms with Crippen LogP contribution in [0, 0.1) is 11.8 Å². The smallest absolute Gasteiger partial charge is 0.225 e. The highest BCUT2D eigenvalue weighted by atomic mass is 16.2. The van der Waals surface area contributed by atoms with Crippen molar-refractivity contribution >= 4 is 11.7 Å². The molecule has 0 aromatic heterocycles. The fourth-order valence-corrected chi connectivity index (χ4v) is 3.68. The summed E-state index contributed by atoms with van der Waals surface area (Å²) in [5.74, 6) is 1.15. The zero-order chi connectivity index (χ0) is 14.4. The number of Topliss-reactive ketones (excluding diaryl/α,β-unsaturated/α-hetero) is 1. The molecule has 0 radical (unpaired) electrons. The van der Waals surface area contributed by atoms with Crippen LogP contribution >= 0.6 is 0 Å². The van der Waals surface area contributed by atoms with Gasteiger partial charge in [-0.2, -0.15) is 0 Å². The minimum absolute atomic E-state index is 0.221. The SMILES string of the molecule is CN(CCC(=O)C1CCCCC1)C(=O)C1CCCCC1. The zero-order valence-electron chi connectivity index (χ0n) is 12.9. The standard InChI is InChI=1S/C17H29NO2/c1-18(17(20)15-10-6-3-7-11-15)13-12-16(19)14-8-4-2-5-9-14/h14-15H,2-13H2,1H3. The fourth-order valence-electron chi connectivity index (χ4n) is 3.68. The molecule has 2 fully saturated rings. The van der Waals surface area contributed by atoms with Gasteiger partial charge in [-0.05, 0) is 25.7 Å². The van der Waals surface area contributed by atoms with E-state index in [1.165, 1.54) is 38.5 Å². The average molecular weight is 279 g/mol. The first-order valence-electron chi connectivity index (χ1n) is 8.46. The lowest BCUT2D eigenvalue weighted by Crippen LogP contribution is -2.36. The topological polar surface area (TPSA) is 37.4 Å². The largest absolute Gasteiger partial charge is 0.345 e. The molecule has 3 nitrogen and oxygen atoms in total. The molecule has 0 bridgehead atoms. The molecule has 0 aliphatic heterocycles. The zero-order valence-corrected chi connectivity index (χ0v) is 12.9. The summed E-state index contributed by atoms with van der Waals surface area (Å²) in [7, 11) is 1.87. The second kappa shape index (κ2) is 7.80. The van der Waals surface area contributed by atoms with Gasteiger partial charge in [-0.15, -0.1) is 0 Å². The molecular weight excluding hydrogens is 250 g/mol. The van der Waals surface area contributed by atoms with Gasteiger partial charge >= 0.3 is 0 Å². The number of hydrogen-bond acceptors (Lipinski definition) is 2. The summed E-state index contributed by atoms with van der Waals surface area (Å²) < 4.78 is 0. The Morgan fingerprint density at radius 2 is 1.35 bits per heavy atom. The van der Waals surface area contributed by atoms with E-state index in [1.807, 2.05) is 7.05 Å². The van der Waals surface area contributed by atoms with Crippen LogP contribution in [0.15, 0.2) is 0 Å². The van der Waals surface area contributed by atoms with Crippen molar-refractivity contribution in [2.24, 2.45) is 11.8 Å². The highest BCUT2D eigenvalue weighted by Crippen LogP contribution is 2.26. The van der Waals surface area contributed by atoms with E-state index in [4.69, 9.17) is 0 Å². The highest BCUT2D eigenvalue weighted by Gasteiger charge is 2.25. The maximum atomic E-state index is 12.3. The third kappa shape index (κ3) is 4.32. The van der Waals surface area contributed by atoms with Gasteiger partial charge in [0.15, 0.2) is 0 Å². The van der Waals surface area contributed by atoms with Gasteiger partial charge in [0, 0.05) is 31.8 Å². The quantitative estimate of drug-likeness (QED) is 0.771. The molecule has 2 aliphatic rings. The normalized spacial score (nSPS) is 21.6. The van der Waals surface area contributed by atoms with Crippen LogP contribution in [0.25, 0.3) is 0 Å². The van der Waals surface area contributed by atoms with E-state index in [9.17, 15) is 9.59 Å². The van der Waals surface area contributed by atoms with Crippen LogP contribution in [-0.4, -0.2) is 30.2 Å². The monoisotopic (exact) mass is 279 g/mol. The summed E-state index contributed by atoms with van der Waals surface area (Å²) >= 11 is 0. The van der Waals surface area contributed by atoms with Crippen molar-refractivity contribution in [3.8, 4) is 0 Å². The van der Waals surface area contributed by atoms with Gasteiger partial charge in [0.25, 0.3) is 0 Å². The van der Waals surface area contributed by atoms with Crippen molar-refractivity contribution < 1.29 is 9.59 Å². The van der Waals surface area contributed by atoms with E-state index in [1.54, 1.807) is 4.90 Å². The van der Waals surface area contributed by atoms with E-state index < -0.39 is 0 Å². The van der Waals surface area contributed by atoms with E-state index >= 15 is 0 Å². The van der Waals surface area contributed by atoms with Gasteiger partial charge in [-0.1, -0.05) is 38.5 Å². The first kappa shape index (κ1) is 15.5. The second-order valence-electron chi connectivity index (χ2n) is 6.65. The molecule has 114 valence electrons. The van der Waals surface area contributed by atoms with Crippen LogP contribution in [-0.2, 0) is 9.59 Å². The third-order valence-corrected chi connectivity index (χ3v) is 5.08. The summed E-state index contributed by atoms with van der Waals surface area (Å²) in [5.41, 5.74) is 0. The molecule has 2 rings (SSSR count). The summed E-state index contributed by atoms with van der Waals surface area (Å²) in [6.07, 6.45) is 12.1. The van der Waals surface area contributed by atoms with Gasteiger partial charge in [0.2, 0.25) is 5.91 Å². The lowest BCUT2D eigenvalue weighted by molar-refractivity contribution is -0.135. The predicted molar refractivity (Wildman–Crippen MR) is 80.4 cm³/mol. The molecule has 0 heterocycles. The fraction of sp³-hybridized carbons (Fsp3) is 0.882. The molecular formula is C17H29NO2. The maximum Gasteiger partial charge on any atom is 0.225 e. The molecule has 2 saturated carbocycles. The Hall–Kier alpha value is -0.860. The molecule has 2 aliphatic carbocycles. The first-order chi connectivity index (χ1) is 9.68. The Balaban J connectivity index is 1.71. The summed E-state index contributed by atoms with van der Waals surface area (Å²) in [6.45, 7) is 0.616. The number of hydrogen-bond donors (Lipinski definition) is 0. The lowest BCUT2D eigenvalue weighted by Gasteiger charge is -2.27. The lowest BCUT2D eigenvalue weighted by atomic mass is 9.85. The number of nitrogens with zero attached hydrogens (tertiary/aromatic N) is 1. The van der Waals surface area contributed by atoms with Crippen LogP contribution < -0.4 is 0 Å². The highest BCUT2D eigenvalue weighted by molar-refractivity contribution is 5.83. The van der Waals surface area contributed by atoms with Crippen molar-refractivity contribution in [3.63, 3.8) is 0 Å². The number of carbonyl (C=O) groups is 2. The van der Waals surface area contributed by atoms with Gasteiger partial charge in [-0.3, -0.25) is 9.59 Å². The van der Waals surface area contributed by atoms with Gasteiger partial charge in [-0.25, -0.2) is 0 Å². The molecule has 0 aromatic carbocycles.